The molecule has 98 valence electrons. The average molecular weight is 247 g/mol. The van der Waals surface area contributed by atoms with Gasteiger partial charge >= 0.3 is 0 Å². The van der Waals surface area contributed by atoms with Gasteiger partial charge in [0, 0.05) is 31.6 Å². The lowest BCUT2D eigenvalue weighted by Crippen LogP contribution is -2.32. The molecule has 2 rings (SSSR count). The van der Waals surface area contributed by atoms with Crippen molar-refractivity contribution in [3.8, 4) is 0 Å². The minimum Gasteiger partial charge on any atom is -0.355 e. The van der Waals surface area contributed by atoms with Crippen LogP contribution in [0.3, 0.4) is 0 Å². The standard InChI is InChI=1S/C14H21N3O/c1-11-10-13(16-17(11)2)8-9-15-14(18)12-6-4-3-5-7-12/h3-4,10,12H,5-9H2,1-2H3,(H,15,18)/t12-/m1/s1. The maximum absolute atomic E-state index is 11.9. The van der Waals surface area contributed by atoms with E-state index in [2.05, 4.69) is 28.6 Å². The second-order valence-corrected chi connectivity index (χ2v) is 4.92. The fourth-order valence-corrected chi connectivity index (χ4v) is 2.25. The molecule has 1 aromatic heterocycles. The van der Waals surface area contributed by atoms with Gasteiger partial charge in [0.05, 0.1) is 5.69 Å². The predicted molar refractivity (Wildman–Crippen MR) is 71.1 cm³/mol. The second-order valence-electron chi connectivity index (χ2n) is 4.92. The summed E-state index contributed by atoms with van der Waals surface area (Å²) in [5.41, 5.74) is 2.19. The number of rotatable bonds is 4. The Morgan fingerprint density at radius 3 is 3.00 bits per heavy atom. The van der Waals surface area contributed by atoms with Crippen LogP contribution in [0.4, 0.5) is 0 Å². The van der Waals surface area contributed by atoms with Gasteiger partial charge in [0.2, 0.25) is 5.91 Å². The summed E-state index contributed by atoms with van der Waals surface area (Å²) in [5, 5.41) is 7.38. The van der Waals surface area contributed by atoms with E-state index < -0.39 is 0 Å². The first-order valence-electron chi connectivity index (χ1n) is 6.59. The molecule has 0 aliphatic heterocycles. The molecule has 0 spiro atoms. The maximum atomic E-state index is 11.9. The van der Waals surface area contributed by atoms with Gasteiger partial charge in [-0.05, 0) is 32.3 Å². The van der Waals surface area contributed by atoms with Crippen LogP contribution in [-0.2, 0) is 18.3 Å². The van der Waals surface area contributed by atoms with E-state index in [9.17, 15) is 4.79 Å². The number of amides is 1. The predicted octanol–water partition coefficient (Wildman–Crippen LogP) is 1.74. The highest BCUT2D eigenvalue weighted by Crippen LogP contribution is 2.17. The summed E-state index contributed by atoms with van der Waals surface area (Å²) in [6.45, 7) is 2.71. The minimum atomic E-state index is 0.167. The van der Waals surface area contributed by atoms with Gasteiger partial charge in [-0.15, -0.1) is 0 Å². The van der Waals surface area contributed by atoms with Crippen LogP contribution in [0, 0.1) is 12.8 Å². The molecule has 0 saturated heterocycles. The second kappa shape index (κ2) is 5.85. The summed E-state index contributed by atoms with van der Waals surface area (Å²) in [5.74, 6) is 0.354. The van der Waals surface area contributed by atoms with Crippen molar-refractivity contribution in [2.75, 3.05) is 6.54 Å². The largest absolute Gasteiger partial charge is 0.355 e. The van der Waals surface area contributed by atoms with E-state index in [1.54, 1.807) is 0 Å². The van der Waals surface area contributed by atoms with Crippen molar-refractivity contribution in [2.24, 2.45) is 13.0 Å². The lowest BCUT2D eigenvalue weighted by molar-refractivity contribution is -0.125. The fourth-order valence-electron chi connectivity index (χ4n) is 2.25. The van der Waals surface area contributed by atoms with Crippen molar-refractivity contribution < 1.29 is 4.79 Å². The molecule has 1 atom stereocenters. The quantitative estimate of drug-likeness (QED) is 0.824. The number of carbonyl (C=O) groups excluding carboxylic acids is 1. The van der Waals surface area contributed by atoms with Crippen molar-refractivity contribution in [1.82, 2.24) is 15.1 Å². The SMILES string of the molecule is Cc1cc(CCNC(=O)[C@@H]2CC=CCC2)nn1C. The number of aryl methyl sites for hydroxylation is 2. The van der Waals surface area contributed by atoms with Gasteiger partial charge in [0.25, 0.3) is 0 Å². The number of hydrogen-bond acceptors (Lipinski definition) is 2. The van der Waals surface area contributed by atoms with E-state index in [1.807, 2.05) is 18.7 Å². The van der Waals surface area contributed by atoms with Gasteiger partial charge in [-0.1, -0.05) is 12.2 Å². The summed E-state index contributed by atoms with van der Waals surface area (Å²) in [7, 11) is 1.94. The molecule has 4 heteroatoms. The van der Waals surface area contributed by atoms with E-state index in [4.69, 9.17) is 0 Å². The lowest BCUT2D eigenvalue weighted by atomic mass is 9.94. The van der Waals surface area contributed by atoms with Gasteiger partial charge < -0.3 is 5.32 Å². The number of nitrogens with one attached hydrogen (secondary N) is 1. The smallest absolute Gasteiger partial charge is 0.223 e. The summed E-state index contributed by atoms with van der Waals surface area (Å²) in [4.78, 5) is 11.9. The molecule has 0 radical (unpaired) electrons. The van der Waals surface area contributed by atoms with Crippen LogP contribution < -0.4 is 5.32 Å². The highest BCUT2D eigenvalue weighted by atomic mass is 16.1. The van der Waals surface area contributed by atoms with Crippen LogP contribution in [0.15, 0.2) is 18.2 Å². The molecule has 1 aliphatic rings. The minimum absolute atomic E-state index is 0.167. The molecular weight excluding hydrogens is 226 g/mol. The van der Waals surface area contributed by atoms with E-state index in [-0.39, 0.29) is 11.8 Å². The Morgan fingerprint density at radius 2 is 2.39 bits per heavy atom. The highest BCUT2D eigenvalue weighted by molar-refractivity contribution is 5.78. The molecule has 1 N–H and O–H groups in total. The van der Waals surface area contributed by atoms with Crippen LogP contribution in [0.1, 0.15) is 30.7 Å². The van der Waals surface area contributed by atoms with Gasteiger partial charge in [-0.3, -0.25) is 9.48 Å². The first-order chi connectivity index (χ1) is 8.66. The summed E-state index contributed by atoms with van der Waals surface area (Å²) >= 11 is 0. The van der Waals surface area contributed by atoms with Crippen molar-refractivity contribution in [3.05, 3.63) is 29.6 Å². The molecule has 1 amide bonds. The van der Waals surface area contributed by atoms with Crippen molar-refractivity contribution >= 4 is 5.91 Å². The average Bonchev–Trinajstić information content (AvgIpc) is 2.69. The van der Waals surface area contributed by atoms with Crippen molar-refractivity contribution in [2.45, 2.75) is 32.6 Å². The third kappa shape index (κ3) is 3.22. The molecule has 1 aliphatic carbocycles. The van der Waals surface area contributed by atoms with Gasteiger partial charge in [-0.25, -0.2) is 0 Å². The van der Waals surface area contributed by atoms with E-state index in [0.717, 1.165) is 37.1 Å². The molecule has 1 aromatic rings. The van der Waals surface area contributed by atoms with Crippen LogP contribution in [0.25, 0.3) is 0 Å². The van der Waals surface area contributed by atoms with Gasteiger partial charge in [-0.2, -0.15) is 5.10 Å². The first-order valence-corrected chi connectivity index (χ1v) is 6.59. The molecule has 18 heavy (non-hydrogen) atoms. The van der Waals surface area contributed by atoms with Crippen LogP contribution in [0.5, 0.6) is 0 Å². The Labute approximate surface area is 108 Å². The lowest BCUT2D eigenvalue weighted by Gasteiger charge is -2.16. The zero-order valence-corrected chi connectivity index (χ0v) is 11.1. The molecule has 4 nitrogen and oxygen atoms in total. The monoisotopic (exact) mass is 247 g/mol. The number of allylic oxidation sites excluding steroid dienone is 2. The molecule has 0 fully saturated rings. The molecule has 0 saturated carbocycles. The Hall–Kier alpha value is -1.58. The van der Waals surface area contributed by atoms with E-state index >= 15 is 0 Å². The van der Waals surface area contributed by atoms with E-state index in [0.29, 0.717) is 6.54 Å². The zero-order valence-electron chi connectivity index (χ0n) is 11.1. The van der Waals surface area contributed by atoms with E-state index in [1.165, 1.54) is 0 Å². The van der Waals surface area contributed by atoms with Gasteiger partial charge in [0.1, 0.15) is 0 Å². The first kappa shape index (κ1) is 12.9. The Bertz CT molecular complexity index is 428. The van der Waals surface area contributed by atoms with Crippen molar-refractivity contribution in [3.63, 3.8) is 0 Å². The van der Waals surface area contributed by atoms with Crippen LogP contribution in [-0.4, -0.2) is 22.2 Å². The summed E-state index contributed by atoms with van der Waals surface area (Å²) < 4.78 is 1.86. The number of nitrogens with zero attached hydrogens (tertiary/aromatic N) is 2. The number of carbonyl (C=O) groups is 1. The number of hydrogen-bond donors (Lipinski definition) is 1. The maximum Gasteiger partial charge on any atom is 0.223 e. The molecule has 0 unspecified atom stereocenters. The molecule has 0 bridgehead atoms. The molecule has 1 heterocycles. The van der Waals surface area contributed by atoms with Gasteiger partial charge in [0.15, 0.2) is 0 Å². The molecule has 0 aromatic carbocycles. The number of aromatic nitrogens is 2. The Kier molecular flexibility index (Phi) is 4.18. The Morgan fingerprint density at radius 1 is 1.56 bits per heavy atom. The summed E-state index contributed by atoms with van der Waals surface area (Å²) in [6, 6.07) is 2.06. The summed E-state index contributed by atoms with van der Waals surface area (Å²) in [6.07, 6.45) is 7.95. The fraction of sp³-hybridized carbons (Fsp3) is 0.571. The van der Waals surface area contributed by atoms with Crippen LogP contribution >= 0.6 is 0 Å². The third-order valence-electron chi connectivity index (χ3n) is 3.48. The molecular formula is C14H21N3O. The third-order valence-corrected chi connectivity index (χ3v) is 3.48. The highest BCUT2D eigenvalue weighted by Gasteiger charge is 2.17. The Balaban J connectivity index is 1.74. The normalized spacial score (nSPS) is 18.9. The topological polar surface area (TPSA) is 46.9 Å². The zero-order chi connectivity index (χ0) is 13.0. The van der Waals surface area contributed by atoms with Crippen LogP contribution in [0.2, 0.25) is 0 Å². The van der Waals surface area contributed by atoms with Crippen molar-refractivity contribution in [1.29, 1.82) is 0 Å².